The Kier molecular flexibility index (Phi) is 2.60. The van der Waals surface area contributed by atoms with E-state index in [2.05, 4.69) is 10.2 Å². The molecule has 1 fully saturated rings. The van der Waals surface area contributed by atoms with Crippen molar-refractivity contribution in [3.63, 3.8) is 0 Å². The quantitative estimate of drug-likeness (QED) is 0.748. The van der Waals surface area contributed by atoms with E-state index in [1.54, 1.807) is 6.07 Å². The minimum Gasteiger partial charge on any atom is -0.296 e. The predicted octanol–water partition coefficient (Wildman–Crippen LogP) is 0.514. The van der Waals surface area contributed by atoms with Gasteiger partial charge in [-0.2, -0.15) is 5.10 Å². The van der Waals surface area contributed by atoms with Gasteiger partial charge in [-0.3, -0.25) is 9.89 Å². The summed E-state index contributed by atoms with van der Waals surface area (Å²) in [6, 6.07) is 1.69. The number of aromatic nitrogens is 2. The van der Waals surface area contributed by atoms with Crippen LogP contribution in [0.5, 0.6) is 0 Å². The van der Waals surface area contributed by atoms with Crippen molar-refractivity contribution in [1.29, 1.82) is 0 Å². The fourth-order valence-electron chi connectivity index (χ4n) is 1.82. The van der Waals surface area contributed by atoms with Gasteiger partial charge in [0.25, 0.3) is 0 Å². The molecule has 0 amide bonds. The van der Waals surface area contributed by atoms with Crippen LogP contribution in [0.4, 0.5) is 0 Å². The molecule has 2 heterocycles. The smallest absolute Gasteiger partial charge is 0.170 e. The minimum atomic E-state index is -2.83. The average molecular weight is 228 g/mol. The van der Waals surface area contributed by atoms with Crippen LogP contribution in [0.1, 0.15) is 34.9 Å². The Labute approximate surface area is 87.8 Å². The van der Waals surface area contributed by atoms with Crippen molar-refractivity contribution in [2.24, 2.45) is 0 Å². The summed E-state index contributed by atoms with van der Waals surface area (Å²) in [5.74, 6) is 0.648. The second-order valence-electron chi connectivity index (χ2n) is 3.79. The minimum absolute atomic E-state index is 0.190. The van der Waals surface area contributed by atoms with Gasteiger partial charge in [0.05, 0.1) is 11.5 Å². The molecule has 0 radical (unpaired) electrons. The van der Waals surface area contributed by atoms with E-state index >= 15 is 0 Å². The molecule has 1 aromatic heterocycles. The summed E-state index contributed by atoms with van der Waals surface area (Å²) in [5, 5.41) is 6.58. The number of carbonyl (C=O) groups excluding carboxylic acids is 1. The summed E-state index contributed by atoms with van der Waals surface area (Å²) in [6.07, 6.45) is 1.91. The molecule has 1 aliphatic heterocycles. The molecule has 2 rings (SSSR count). The Morgan fingerprint density at radius 1 is 1.40 bits per heavy atom. The van der Waals surface area contributed by atoms with E-state index in [-0.39, 0.29) is 17.4 Å². The van der Waals surface area contributed by atoms with Gasteiger partial charge in [-0.1, -0.05) is 0 Å². The third-order valence-corrected chi connectivity index (χ3v) is 4.45. The zero-order valence-electron chi connectivity index (χ0n) is 8.14. The number of aromatic amines is 1. The van der Waals surface area contributed by atoms with E-state index in [0.29, 0.717) is 24.8 Å². The lowest BCUT2D eigenvalue weighted by atomic mass is 9.99. The van der Waals surface area contributed by atoms with Gasteiger partial charge >= 0.3 is 0 Å². The number of aldehydes is 1. The van der Waals surface area contributed by atoms with Crippen LogP contribution in [-0.4, -0.2) is 36.4 Å². The van der Waals surface area contributed by atoms with Crippen LogP contribution >= 0.6 is 0 Å². The molecule has 0 atom stereocenters. The molecule has 82 valence electrons. The van der Waals surface area contributed by atoms with Gasteiger partial charge in [0.15, 0.2) is 6.29 Å². The van der Waals surface area contributed by atoms with Gasteiger partial charge in [-0.25, -0.2) is 8.42 Å². The third-order valence-electron chi connectivity index (χ3n) is 2.73. The topological polar surface area (TPSA) is 79.9 Å². The molecule has 6 heteroatoms. The maximum Gasteiger partial charge on any atom is 0.170 e. The first kappa shape index (κ1) is 10.4. The monoisotopic (exact) mass is 228 g/mol. The van der Waals surface area contributed by atoms with Crippen LogP contribution in [0.15, 0.2) is 6.07 Å². The SMILES string of the molecule is O=Cc1cc(C2CCS(=O)(=O)CC2)[nH]n1. The molecule has 0 spiro atoms. The second kappa shape index (κ2) is 3.77. The molecule has 0 bridgehead atoms. The summed E-state index contributed by atoms with van der Waals surface area (Å²) in [4.78, 5) is 10.4. The molecule has 1 N–H and O–H groups in total. The Bertz CT molecular complexity index is 449. The summed E-state index contributed by atoms with van der Waals surface area (Å²) in [5.41, 5.74) is 1.24. The van der Waals surface area contributed by atoms with Crippen LogP contribution in [-0.2, 0) is 9.84 Å². The number of nitrogens with one attached hydrogen (secondary N) is 1. The van der Waals surface area contributed by atoms with Crippen LogP contribution in [0.3, 0.4) is 0 Å². The molecule has 0 saturated carbocycles. The van der Waals surface area contributed by atoms with E-state index in [9.17, 15) is 13.2 Å². The van der Waals surface area contributed by atoms with E-state index in [1.807, 2.05) is 0 Å². The zero-order valence-corrected chi connectivity index (χ0v) is 8.96. The normalized spacial score (nSPS) is 21.3. The predicted molar refractivity (Wildman–Crippen MR) is 54.6 cm³/mol. The van der Waals surface area contributed by atoms with Crippen LogP contribution < -0.4 is 0 Å². The lowest BCUT2D eigenvalue weighted by molar-refractivity contribution is 0.111. The Balaban J connectivity index is 2.10. The van der Waals surface area contributed by atoms with Crippen molar-refractivity contribution in [2.75, 3.05) is 11.5 Å². The van der Waals surface area contributed by atoms with Gasteiger partial charge < -0.3 is 0 Å². The van der Waals surface area contributed by atoms with Crippen molar-refractivity contribution in [1.82, 2.24) is 10.2 Å². The summed E-state index contributed by atoms with van der Waals surface area (Å²) in [7, 11) is -2.83. The van der Waals surface area contributed by atoms with Crippen molar-refractivity contribution < 1.29 is 13.2 Å². The number of sulfone groups is 1. The third kappa shape index (κ3) is 2.26. The van der Waals surface area contributed by atoms with Gasteiger partial charge in [0.2, 0.25) is 0 Å². The fraction of sp³-hybridized carbons (Fsp3) is 0.556. The molecule has 5 nitrogen and oxygen atoms in total. The van der Waals surface area contributed by atoms with Crippen LogP contribution in [0, 0.1) is 0 Å². The molecule has 0 unspecified atom stereocenters. The summed E-state index contributed by atoms with van der Waals surface area (Å²) in [6.45, 7) is 0. The molecular formula is C9H12N2O3S. The maximum atomic E-state index is 11.2. The molecule has 1 aromatic rings. The highest BCUT2D eigenvalue weighted by molar-refractivity contribution is 7.91. The maximum absolute atomic E-state index is 11.2. The number of hydrogen-bond acceptors (Lipinski definition) is 4. The molecule has 1 aliphatic rings. The summed E-state index contributed by atoms with van der Waals surface area (Å²) < 4.78 is 22.4. The van der Waals surface area contributed by atoms with Crippen LogP contribution in [0.25, 0.3) is 0 Å². The van der Waals surface area contributed by atoms with Crippen molar-refractivity contribution in [2.45, 2.75) is 18.8 Å². The van der Waals surface area contributed by atoms with Crippen molar-refractivity contribution >= 4 is 16.1 Å². The number of H-pyrrole nitrogens is 1. The van der Waals surface area contributed by atoms with E-state index < -0.39 is 9.84 Å². The lowest BCUT2D eigenvalue weighted by Crippen LogP contribution is -2.22. The largest absolute Gasteiger partial charge is 0.296 e. The molecular weight excluding hydrogens is 216 g/mol. The van der Waals surface area contributed by atoms with Gasteiger partial charge in [0.1, 0.15) is 15.5 Å². The Hall–Kier alpha value is -1.17. The Morgan fingerprint density at radius 3 is 2.60 bits per heavy atom. The molecule has 0 aromatic carbocycles. The van der Waals surface area contributed by atoms with E-state index in [4.69, 9.17) is 0 Å². The number of nitrogens with zero attached hydrogens (tertiary/aromatic N) is 1. The standard InChI is InChI=1S/C9H12N2O3S/c12-6-8-5-9(11-10-8)7-1-3-15(13,14)4-2-7/h5-7H,1-4H2,(H,10,11). The first-order valence-electron chi connectivity index (χ1n) is 4.81. The van der Waals surface area contributed by atoms with E-state index in [0.717, 1.165) is 5.69 Å². The highest BCUT2D eigenvalue weighted by Crippen LogP contribution is 2.27. The number of rotatable bonds is 2. The fourth-order valence-corrected chi connectivity index (χ4v) is 3.31. The first-order valence-corrected chi connectivity index (χ1v) is 6.64. The zero-order chi connectivity index (χ0) is 10.9. The highest BCUT2D eigenvalue weighted by atomic mass is 32.2. The highest BCUT2D eigenvalue weighted by Gasteiger charge is 2.25. The first-order chi connectivity index (χ1) is 7.11. The van der Waals surface area contributed by atoms with Gasteiger partial charge in [-0.15, -0.1) is 0 Å². The lowest BCUT2D eigenvalue weighted by Gasteiger charge is -2.20. The average Bonchev–Trinajstić information content (AvgIpc) is 2.66. The van der Waals surface area contributed by atoms with Crippen LogP contribution in [0.2, 0.25) is 0 Å². The van der Waals surface area contributed by atoms with Crippen molar-refractivity contribution in [3.8, 4) is 0 Å². The van der Waals surface area contributed by atoms with Crippen molar-refractivity contribution in [3.05, 3.63) is 17.5 Å². The van der Waals surface area contributed by atoms with Gasteiger partial charge in [-0.05, 0) is 18.9 Å². The van der Waals surface area contributed by atoms with E-state index in [1.165, 1.54) is 0 Å². The van der Waals surface area contributed by atoms with Gasteiger partial charge in [0, 0.05) is 11.6 Å². The number of carbonyl (C=O) groups is 1. The second-order valence-corrected chi connectivity index (χ2v) is 6.10. The molecule has 0 aliphatic carbocycles. The molecule has 1 saturated heterocycles. The number of hydrogen-bond donors (Lipinski definition) is 1. The molecule has 15 heavy (non-hydrogen) atoms. The summed E-state index contributed by atoms with van der Waals surface area (Å²) >= 11 is 0. The Morgan fingerprint density at radius 2 is 2.07 bits per heavy atom.